The number of rotatable bonds is 3. The number of amidine groups is 1. The molecule has 0 amide bonds. The predicted molar refractivity (Wildman–Crippen MR) is 83.0 cm³/mol. The fourth-order valence-electron chi connectivity index (χ4n) is 1.74. The van der Waals surface area contributed by atoms with Crippen molar-refractivity contribution < 1.29 is 5.11 Å². The van der Waals surface area contributed by atoms with Gasteiger partial charge in [0.15, 0.2) is 5.17 Å². The molecule has 0 bridgehead atoms. The number of hydrogen-bond donors (Lipinski definition) is 2. The van der Waals surface area contributed by atoms with Crippen LogP contribution in [0.25, 0.3) is 10.8 Å². The van der Waals surface area contributed by atoms with Crippen LogP contribution >= 0.6 is 11.8 Å². The average Bonchev–Trinajstić information content (AvgIpc) is 2.41. The summed E-state index contributed by atoms with van der Waals surface area (Å²) in [7, 11) is 0. The van der Waals surface area contributed by atoms with Crippen LogP contribution in [0.2, 0.25) is 0 Å². The van der Waals surface area contributed by atoms with E-state index >= 15 is 0 Å². The van der Waals surface area contributed by atoms with Crippen LogP contribution in [0, 0.1) is 0 Å². The second-order valence-electron chi connectivity index (χ2n) is 3.84. The normalized spacial score (nSPS) is 12.4. The number of benzene rings is 2. The molecule has 19 heavy (non-hydrogen) atoms. The van der Waals surface area contributed by atoms with E-state index in [1.54, 1.807) is 6.07 Å². The number of phenols is 1. The van der Waals surface area contributed by atoms with Gasteiger partial charge in [0.05, 0.1) is 6.21 Å². The zero-order valence-corrected chi connectivity index (χ0v) is 11.4. The molecule has 98 valence electrons. The van der Waals surface area contributed by atoms with E-state index in [4.69, 9.17) is 5.73 Å². The maximum absolute atomic E-state index is 9.90. The Morgan fingerprint density at radius 3 is 2.89 bits per heavy atom. The lowest BCUT2D eigenvalue weighted by Crippen LogP contribution is -2.05. The molecule has 4 nitrogen and oxygen atoms in total. The van der Waals surface area contributed by atoms with Crippen LogP contribution in [0.1, 0.15) is 12.5 Å². The SMILES string of the molecule is CCS/C(N)=N/N=C/c1c(O)ccc2ccccc12. The lowest BCUT2D eigenvalue weighted by atomic mass is 10.0. The summed E-state index contributed by atoms with van der Waals surface area (Å²) in [5.74, 6) is 1.03. The summed E-state index contributed by atoms with van der Waals surface area (Å²) < 4.78 is 0. The van der Waals surface area contributed by atoms with Gasteiger partial charge in [-0.3, -0.25) is 0 Å². The number of aromatic hydroxyl groups is 1. The van der Waals surface area contributed by atoms with Gasteiger partial charge in [0, 0.05) is 5.56 Å². The fourth-order valence-corrected chi connectivity index (χ4v) is 2.14. The molecule has 2 aromatic rings. The van der Waals surface area contributed by atoms with E-state index < -0.39 is 0 Å². The first-order valence-electron chi connectivity index (χ1n) is 5.92. The quantitative estimate of drug-likeness (QED) is 0.513. The van der Waals surface area contributed by atoms with Crippen LogP contribution in [0.3, 0.4) is 0 Å². The Balaban J connectivity index is 2.37. The molecule has 0 aliphatic carbocycles. The standard InChI is InChI=1S/C14H15N3OS/c1-2-19-14(15)17-16-9-12-11-6-4-3-5-10(11)7-8-13(12)18/h3-9,18H,2H2,1H3,(H2,15,17)/b16-9+. The van der Waals surface area contributed by atoms with Gasteiger partial charge < -0.3 is 10.8 Å². The average molecular weight is 273 g/mol. The van der Waals surface area contributed by atoms with E-state index in [0.717, 1.165) is 16.5 Å². The molecule has 0 aromatic heterocycles. The molecule has 0 saturated carbocycles. The molecular formula is C14H15N3OS. The summed E-state index contributed by atoms with van der Waals surface area (Å²) in [5, 5.41) is 20.1. The predicted octanol–water partition coefficient (Wildman–Crippen LogP) is 2.95. The lowest BCUT2D eigenvalue weighted by molar-refractivity contribution is 0.475. The van der Waals surface area contributed by atoms with Crippen LogP contribution in [-0.4, -0.2) is 22.2 Å². The molecule has 2 aromatic carbocycles. The molecular weight excluding hydrogens is 258 g/mol. The van der Waals surface area contributed by atoms with Crippen molar-refractivity contribution in [2.75, 3.05) is 5.75 Å². The maximum atomic E-state index is 9.90. The van der Waals surface area contributed by atoms with Crippen LogP contribution in [0.15, 0.2) is 46.6 Å². The molecule has 0 saturated heterocycles. The number of hydrogen-bond acceptors (Lipinski definition) is 4. The molecule has 0 aliphatic rings. The van der Waals surface area contributed by atoms with Gasteiger partial charge in [-0.2, -0.15) is 5.10 Å². The highest BCUT2D eigenvalue weighted by Gasteiger charge is 2.03. The molecule has 0 aliphatic heterocycles. The van der Waals surface area contributed by atoms with Gasteiger partial charge in [-0.15, -0.1) is 5.10 Å². The summed E-state index contributed by atoms with van der Waals surface area (Å²) in [4.78, 5) is 0. The van der Waals surface area contributed by atoms with Gasteiger partial charge in [0.1, 0.15) is 5.75 Å². The van der Waals surface area contributed by atoms with Crippen molar-refractivity contribution in [3.63, 3.8) is 0 Å². The van der Waals surface area contributed by atoms with E-state index in [2.05, 4.69) is 10.2 Å². The highest BCUT2D eigenvalue weighted by atomic mass is 32.2. The van der Waals surface area contributed by atoms with E-state index in [1.807, 2.05) is 37.3 Å². The van der Waals surface area contributed by atoms with Crippen LogP contribution < -0.4 is 5.73 Å². The van der Waals surface area contributed by atoms with Gasteiger partial charge in [-0.25, -0.2) is 0 Å². The molecule has 0 unspecified atom stereocenters. The highest BCUT2D eigenvalue weighted by molar-refractivity contribution is 8.13. The summed E-state index contributed by atoms with van der Waals surface area (Å²) in [5.41, 5.74) is 6.28. The summed E-state index contributed by atoms with van der Waals surface area (Å²) in [6.45, 7) is 1.99. The fraction of sp³-hybridized carbons (Fsp3) is 0.143. The monoisotopic (exact) mass is 273 g/mol. The zero-order chi connectivity index (χ0) is 13.7. The van der Waals surface area contributed by atoms with Crippen molar-refractivity contribution in [3.05, 3.63) is 42.0 Å². The lowest BCUT2D eigenvalue weighted by Gasteiger charge is -2.03. The van der Waals surface area contributed by atoms with E-state index in [0.29, 0.717) is 10.7 Å². The van der Waals surface area contributed by atoms with Crippen molar-refractivity contribution in [1.29, 1.82) is 0 Å². The Morgan fingerprint density at radius 2 is 2.11 bits per heavy atom. The number of fused-ring (bicyclic) bond motifs is 1. The smallest absolute Gasteiger partial charge is 0.180 e. The van der Waals surface area contributed by atoms with Crippen molar-refractivity contribution in [3.8, 4) is 5.75 Å². The van der Waals surface area contributed by atoms with Gasteiger partial charge in [0.25, 0.3) is 0 Å². The minimum atomic E-state index is 0.180. The first kappa shape index (κ1) is 13.4. The third kappa shape index (κ3) is 3.26. The number of thioether (sulfide) groups is 1. The molecule has 0 atom stereocenters. The number of nitrogens with zero attached hydrogens (tertiary/aromatic N) is 2. The van der Waals surface area contributed by atoms with Crippen molar-refractivity contribution in [1.82, 2.24) is 0 Å². The second kappa shape index (κ2) is 6.24. The first-order chi connectivity index (χ1) is 9.22. The highest BCUT2D eigenvalue weighted by Crippen LogP contribution is 2.25. The van der Waals surface area contributed by atoms with Crippen LogP contribution in [-0.2, 0) is 0 Å². The molecule has 2 rings (SSSR count). The molecule has 0 heterocycles. The number of nitrogens with two attached hydrogens (primary N) is 1. The van der Waals surface area contributed by atoms with Gasteiger partial charge in [-0.05, 0) is 22.6 Å². The van der Waals surface area contributed by atoms with E-state index in [-0.39, 0.29) is 5.75 Å². The third-order valence-electron chi connectivity index (χ3n) is 2.58. The van der Waals surface area contributed by atoms with Crippen LogP contribution in [0.5, 0.6) is 5.75 Å². The Hall–Kier alpha value is -2.01. The summed E-state index contributed by atoms with van der Waals surface area (Å²) in [6.07, 6.45) is 1.53. The topological polar surface area (TPSA) is 71.0 Å². The summed E-state index contributed by atoms with van der Waals surface area (Å²) in [6, 6.07) is 11.3. The van der Waals surface area contributed by atoms with E-state index in [9.17, 15) is 5.11 Å². The van der Waals surface area contributed by atoms with Gasteiger partial charge in [-0.1, -0.05) is 49.0 Å². The van der Waals surface area contributed by atoms with Crippen molar-refractivity contribution >= 4 is 33.9 Å². The Labute approximate surface area is 116 Å². The molecule has 0 fully saturated rings. The Bertz CT molecular complexity index is 638. The molecule has 5 heteroatoms. The molecule has 0 radical (unpaired) electrons. The maximum Gasteiger partial charge on any atom is 0.180 e. The molecule has 3 N–H and O–H groups in total. The van der Waals surface area contributed by atoms with E-state index in [1.165, 1.54) is 18.0 Å². The van der Waals surface area contributed by atoms with Crippen molar-refractivity contribution in [2.24, 2.45) is 15.9 Å². The minimum Gasteiger partial charge on any atom is -0.507 e. The van der Waals surface area contributed by atoms with Crippen LogP contribution in [0.4, 0.5) is 0 Å². The largest absolute Gasteiger partial charge is 0.507 e. The summed E-state index contributed by atoms with van der Waals surface area (Å²) >= 11 is 1.43. The number of phenolic OH excluding ortho intramolecular Hbond substituents is 1. The molecule has 0 spiro atoms. The third-order valence-corrected chi connectivity index (χ3v) is 3.25. The van der Waals surface area contributed by atoms with Gasteiger partial charge >= 0.3 is 0 Å². The Morgan fingerprint density at radius 1 is 1.32 bits per heavy atom. The minimum absolute atomic E-state index is 0.180. The first-order valence-corrected chi connectivity index (χ1v) is 6.91. The zero-order valence-electron chi connectivity index (χ0n) is 10.6. The second-order valence-corrected chi connectivity index (χ2v) is 5.12. The van der Waals surface area contributed by atoms with Crippen molar-refractivity contribution in [2.45, 2.75) is 6.92 Å². The Kier molecular flexibility index (Phi) is 4.41. The van der Waals surface area contributed by atoms with Gasteiger partial charge in [0.2, 0.25) is 0 Å².